The Morgan fingerprint density at radius 1 is 1.21 bits per heavy atom. The van der Waals surface area contributed by atoms with Crippen LogP contribution in [0.1, 0.15) is 47.7 Å². The minimum absolute atomic E-state index is 0.381. The van der Waals surface area contributed by atoms with Gasteiger partial charge in [0.15, 0.2) is 0 Å². The molecule has 0 N–H and O–H groups in total. The maximum Gasteiger partial charge on any atom is 0.294 e. The van der Waals surface area contributed by atoms with Crippen molar-refractivity contribution in [1.29, 1.82) is 0 Å². The predicted molar refractivity (Wildman–Crippen MR) is 75.3 cm³/mol. The van der Waals surface area contributed by atoms with Gasteiger partial charge in [0.25, 0.3) is 5.91 Å². The molecule has 0 saturated heterocycles. The number of unbranched alkanes of at least 4 members (excludes halogenated alkanes) is 1. The minimum atomic E-state index is -0.397. The van der Waals surface area contributed by atoms with Gasteiger partial charge in [-0.3, -0.25) is 9.59 Å². The lowest BCUT2D eigenvalue weighted by Gasteiger charge is -2.15. The van der Waals surface area contributed by atoms with Gasteiger partial charge in [0.05, 0.1) is 0 Å². The summed E-state index contributed by atoms with van der Waals surface area (Å²) < 4.78 is 0. The highest BCUT2D eigenvalue weighted by atomic mass is 16.2. The molecule has 0 unspecified atom stereocenters. The van der Waals surface area contributed by atoms with Crippen LogP contribution in [0.3, 0.4) is 0 Å². The highest BCUT2D eigenvalue weighted by molar-refractivity contribution is 6.42. The van der Waals surface area contributed by atoms with E-state index < -0.39 is 5.91 Å². The van der Waals surface area contributed by atoms with Gasteiger partial charge in [0.2, 0.25) is 5.78 Å². The number of nitrogens with zero attached hydrogens (tertiary/aromatic N) is 1. The van der Waals surface area contributed by atoms with Crippen molar-refractivity contribution in [3.8, 4) is 0 Å². The lowest BCUT2D eigenvalue weighted by atomic mass is 10.0. The maximum absolute atomic E-state index is 12.2. The van der Waals surface area contributed by atoms with Crippen LogP contribution in [0.2, 0.25) is 0 Å². The lowest BCUT2D eigenvalue weighted by Crippen LogP contribution is -2.34. The van der Waals surface area contributed by atoms with Crippen LogP contribution >= 0.6 is 0 Å². The molecular weight excluding hydrogens is 238 g/mol. The summed E-state index contributed by atoms with van der Waals surface area (Å²) in [4.78, 5) is 25.7. The van der Waals surface area contributed by atoms with Gasteiger partial charge in [0, 0.05) is 19.2 Å². The van der Waals surface area contributed by atoms with E-state index in [0.717, 1.165) is 32.1 Å². The molecule has 0 aliphatic heterocycles. The Hall–Kier alpha value is -1.64. The summed E-state index contributed by atoms with van der Waals surface area (Å²) in [6, 6.07) is 5.68. The van der Waals surface area contributed by atoms with E-state index in [-0.39, 0.29) is 5.78 Å². The molecule has 1 amide bonds. The number of carbonyl (C=O) groups is 2. The van der Waals surface area contributed by atoms with E-state index in [1.807, 2.05) is 12.1 Å². The molecule has 1 aromatic carbocycles. The Morgan fingerprint density at radius 3 is 2.68 bits per heavy atom. The average molecular weight is 259 g/mol. The summed E-state index contributed by atoms with van der Waals surface area (Å²) in [6.07, 6.45) is 5.21. The summed E-state index contributed by atoms with van der Waals surface area (Å²) in [6.45, 7) is 2.71. The summed E-state index contributed by atoms with van der Waals surface area (Å²) in [5.74, 6) is -0.778. The third-order valence-corrected chi connectivity index (χ3v) is 3.75. The molecule has 1 aromatic rings. The zero-order chi connectivity index (χ0) is 13.8. The Balaban J connectivity index is 2.09. The first-order chi connectivity index (χ1) is 9.13. The number of likely N-dealkylation sites (N-methyl/N-ethyl adjacent to an activating group) is 1. The molecule has 0 radical (unpaired) electrons. The molecule has 0 atom stereocenters. The number of ketones is 1. The number of hydrogen-bond acceptors (Lipinski definition) is 2. The summed E-state index contributed by atoms with van der Waals surface area (Å²) in [5, 5.41) is 0. The molecule has 1 aliphatic carbocycles. The van der Waals surface area contributed by atoms with Gasteiger partial charge in [-0.1, -0.05) is 25.5 Å². The number of amides is 1. The Kier molecular flexibility index (Phi) is 4.35. The first-order valence-electron chi connectivity index (χ1n) is 7.05. The van der Waals surface area contributed by atoms with Crippen LogP contribution in [0.25, 0.3) is 0 Å². The van der Waals surface area contributed by atoms with Gasteiger partial charge < -0.3 is 4.90 Å². The second kappa shape index (κ2) is 6.00. The number of fused-ring (bicyclic) bond motifs is 1. The molecular formula is C16H21NO2. The molecule has 0 saturated carbocycles. The summed E-state index contributed by atoms with van der Waals surface area (Å²) >= 11 is 0. The van der Waals surface area contributed by atoms with Crippen molar-refractivity contribution in [2.45, 2.75) is 39.0 Å². The van der Waals surface area contributed by atoms with Crippen molar-refractivity contribution in [2.75, 3.05) is 13.6 Å². The van der Waals surface area contributed by atoms with Crippen molar-refractivity contribution in [3.63, 3.8) is 0 Å². The number of hydrogen-bond donors (Lipinski definition) is 0. The summed E-state index contributed by atoms with van der Waals surface area (Å²) in [7, 11) is 1.70. The van der Waals surface area contributed by atoms with Crippen LogP contribution in [0.4, 0.5) is 0 Å². The van der Waals surface area contributed by atoms with E-state index in [1.54, 1.807) is 13.1 Å². The molecule has 19 heavy (non-hydrogen) atoms. The molecule has 2 rings (SSSR count). The number of aryl methyl sites for hydroxylation is 2. The van der Waals surface area contributed by atoms with Crippen LogP contribution in [0.5, 0.6) is 0 Å². The van der Waals surface area contributed by atoms with E-state index in [4.69, 9.17) is 0 Å². The van der Waals surface area contributed by atoms with Gasteiger partial charge >= 0.3 is 0 Å². The summed E-state index contributed by atoms with van der Waals surface area (Å²) in [5.41, 5.74) is 3.09. The topological polar surface area (TPSA) is 37.4 Å². The smallest absolute Gasteiger partial charge is 0.294 e. The molecule has 0 aromatic heterocycles. The number of Topliss-reactive ketones (excluding diaryl/α,β-unsaturated/α-hetero) is 1. The fraction of sp³-hybridized carbons (Fsp3) is 0.500. The van der Waals surface area contributed by atoms with E-state index in [0.29, 0.717) is 12.1 Å². The van der Waals surface area contributed by atoms with Crippen molar-refractivity contribution in [3.05, 3.63) is 34.9 Å². The second-order valence-corrected chi connectivity index (χ2v) is 5.25. The monoisotopic (exact) mass is 259 g/mol. The quantitative estimate of drug-likeness (QED) is 0.602. The third-order valence-electron chi connectivity index (χ3n) is 3.75. The number of benzene rings is 1. The largest absolute Gasteiger partial charge is 0.339 e. The number of rotatable bonds is 5. The van der Waals surface area contributed by atoms with Gasteiger partial charge in [0.1, 0.15) is 0 Å². The van der Waals surface area contributed by atoms with Gasteiger partial charge in [-0.25, -0.2) is 0 Å². The van der Waals surface area contributed by atoms with E-state index in [1.165, 1.54) is 16.0 Å². The van der Waals surface area contributed by atoms with E-state index >= 15 is 0 Å². The highest BCUT2D eigenvalue weighted by Crippen LogP contribution is 2.23. The SMILES string of the molecule is CCCCN(C)C(=O)C(=O)c1ccc2c(c1)CCC2. The number of carbonyl (C=O) groups excluding carboxylic acids is 2. The van der Waals surface area contributed by atoms with Gasteiger partial charge in [-0.2, -0.15) is 0 Å². The zero-order valence-corrected chi connectivity index (χ0v) is 11.7. The van der Waals surface area contributed by atoms with Crippen molar-refractivity contribution >= 4 is 11.7 Å². The molecule has 3 nitrogen and oxygen atoms in total. The highest BCUT2D eigenvalue weighted by Gasteiger charge is 2.21. The predicted octanol–water partition coefficient (Wildman–Crippen LogP) is 2.62. The third kappa shape index (κ3) is 3.03. The van der Waals surface area contributed by atoms with Gasteiger partial charge in [-0.05, 0) is 42.9 Å². The minimum Gasteiger partial charge on any atom is -0.339 e. The molecule has 0 bridgehead atoms. The molecule has 0 heterocycles. The van der Waals surface area contributed by atoms with Crippen LogP contribution < -0.4 is 0 Å². The van der Waals surface area contributed by atoms with Crippen molar-refractivity contribution < 1.29 is 9.59 Å². The van der Waals surface area contributed by atoms with Crippen LogP contribution in [-0.4, -0.2) is 30.2 Å². The molecule has 1 aliphatic rings. The Labute approximate surface area is 114 Å². The van der Waals surface area contributed by atoms with E-state index in [2.05, 4.69) is 6.92 Å². The fourth-order valence-corrected chi connectivity index (χ4v) is 2.51. The molecule has 0 fully saturated rings. The lowest BCUT2D eigenvalue weighted by molar-refractivity contribution is -0.125. The van der Waals surface area contributed by atoms with Crippen LogP contribution in [0, 0.1) is 0 Å². The van der Waals surface area contributed by atoms with E-state index in [9.17, 15) is 9.59 Å². The maximum atomic E-state index is 12.2. The first-order valence-corrected chi connectivity index (χ1v) is 7.05. The normalized spacial score (nSPS) is 13.2. The van der Waals surface area contributed by atoms with Crippen molar-refractivity contribution in [2.24, 2.45) is 0 Å². The van der Waals surface area contributed by atoms with Crippen molar-refractivity contribution in [1.82, 2.24) is 4.90 Å². The first kappa shape index (κ1) is 13.8. The van der Waals surface area contributed by atoms with Crippen LogP contribution in [0.15, 0.2) is 18.2 Å². The van der Waals surface area contributed by atoms with Gasteiger partial charge in [-0.15, -0.1) is 0 Å². The average Bonchev–Trinajstić information content (AvgIpc) is 2.90. The molecule has 3 heteroatoms. The Bertz CT molecular complexity index is 494. The van der Waals surface area contributed by atoms with Crippen LogP contribution in [-0.2, 0) is 17.6 Å². The zero-order valence-electron chi connectivity index (χ0n) is 11.7. The fourth-order valence-electron chi connectivity index (χ4n) is 2.51. The molecule has 0 spiro atoms. The second-order valence-electron chi connectivity index (χ2n) is 5.25. The Morgan fingerprint density at radius 2 is 1.95 bits per heavy atom. The molecule has 102 valence electrons. The standard InChI is InChI=1S/C16H21NO2/c1-3-4-10-17(2)16(19)15(18)14-9-8-12-6-5-7-13(12)11-14/h8-9,11H,3-7,10H2,1-2H3.